The highest BCUT2D eigenvalue weighted by molar-refractivity contribution is 7.89. The Kier molecular flexibility index (Phi) is 4.91. The number of rotatable bonds is 6. The van der Waals surface area contributed by atoms with E-state index in [1.807, 2.05) is 33.2 Å². The molecule has 33 heavy (non-hydrogen) atoms. The lowest BCUT2D eigenvalue weighted by molar-refractivity contribution is -0.0482. The summed E-state index contributed by atoms with van der Waals surface area (Å²) >= 11 is 0. The van der Waals surface area contributed by atoms with Gasteiger partial charge in [-0.2, -0.15) is 5.10 Å². The molecule has 2 saturated heterocycles. The Morgan fingerprint density at radius 2 is 1.97 bits per heavy atom. The number of fused-ring (bicyclic) bond motifs is 1. The third kappa shape index (κ3) is 3.63. The van der Waals surface area contributed by atoms with Gasteiger partial charge in [-0.05, 0) is 43.2 Å². The van der Waals surface area contributed by atoms with E-state index in [2.05, 4.69) is 14.8 Å². The number of hydrogen-bond acceptors (Lipinski definition) is 7. The molecule has 2 aromatic heterocycles. The van der Waals surface area contributed by atoms with E-state index in [9.17, 15) is 13.5 Å². The van der Waals surface area contributed by atoms with Gasteiger partial charge in [0.2, 0.25) is 10.0 Å². The number of aromatic nitrogens is 3. The standard InChI is InChI=1S/C23H27N5O4S/c1-14-4-5-17(33(30,31)27-22-10-23(11-22,12-29)32-13-22)7-18(14)16-6-19(21(24)25-8-16)20-9-28(3)26-15(20)2/h4-9,27,29H,10-13H2,1-3H3,(H2,24,25). The Morgan fingerprint density at radius 1 is 1.21 bits per heavy atom. The summed E-state index contributed by atoms with van der Waals surface area (Å²) in [6.07, 6.45) is 4.49. The van der Waals surface area contributed by atoms with Crippen LogP contribution in [0.5, 0.6) is 0 Å². The van der Waals surface area contributed by atoms with E-state index in [0.717, 1.165) is 33.5 Å². The zero-order valence-electron chi connectivity index (χ0n) is 18.8. The number of anilines is 1. The Labute approximate surface area is 192 Å². The van der Waals surface area contributed by atoms with Gasteiger partial charge in [0.1, 0.15) is 5.82 Å². The molecule has 2 bridgehead atoms. The van der Waals surface area contributed by atoms with Crippen LogP contribution in [0.2, 0.25) is 0 Å². The lowest BCUT2D eigenvalue weighted by Crippen LogP contribution is -2.60. The molecule has 0 spiro atoms. The molecule has 3 aromatic rings. The molecule has 10 heteroatoms. The predicted molar refractivity (Wildman–Crippen MR) is 124 cm³/mol. The monoisotopic (exact) mass is 469 g/mol. The van der Waals surface area contributed by atoms with Crippen molar-refractivity contribution in [1.29, 1.82) is 0 Å². The fraction of sp³-hybridized carbons (Fsp3) is 0.391. The van der Waals surface area contributed by atoms with E-state index in [-0.39, 0.29) is 18.1 Å². The summed E-state index contributed by atoms with van der Waals surface area (Å²) in [5.74, 6) is 0.385. The van der Waals surface area contributed by atoms with Crippen molar-refractivity contribution in [2.75, 3.05) is 18.9 Å². The number of nitrogens with one attached hydrogen (secondary N) is 1. The van der Waals surface area contributed by atoms with Crippen molar-refractivity contribution in [2.24, 2.45) is 7.05 Å². The molecule has 0 amide bonds. The molecular weight excluding hydrogens is 442 g/mol. The molecule has 4 N–H and O–H groups in total. The van der Waals surface area contributed by atoms with Gasteiger partial charge in [-0.15, -0.1) is 0 Å². The van der Waals surface area contributed by atoms with Gasteiger partial charge in [0, 0.05) is 49.0 Å². The lowest BCUT2D eigenvalue weighted by atomic mass is 9.69. The van der Waals surface area contributed by atoms with Gasteiger partial charge in [-0.1, -0.05) is 6.07 Å². The SMILES string of the molecule is Cc1ccc(S(=O)(=O)NC23COC(CO)(C2)C3)cc1-c1cnc(N)c(-c2cn(C)nc2C)c1. The lowest BCUT2D eigenvalue weighted by Gasteiger charge is -2.43. The van der Waals surface area contributed by atoms with Gasteiger partial charge in [0.05, 0.1) is 34.9 Å². The normalized spacial score (nSPS) is 24.1. The molecule has 4 heterocycles. The van der Waals surface area contributed by atoms with Gasteiger partial charge < -0.3 is 15.6 Å². The molecular formula is C23H27N5O4S. The van der Waals surface area contributed by atoms with Gasteiger partial charge in [0.25, 0.3) is 0 Å². The maximum absolute atomic E-state index is 13.2. The van der Waals surface area contributed by atoms with Gasteiger partial charge in [-0.3, -0.25) is 4.68 Å². The fourth-order valence-corrected chi connectivity index (χ4v) is 6.47. The first-order valence-corrected chi connectivity index (χ1v) is 12.2. The number of sulfonamides is 1. The minimum absolute atomic E-state index is 0.103. The van der Waals surface area contributed by atoms with Crippen molar-refractivity contribution in [3.8, 4) is 22.3 Å². The second-order valence-corrected chi connectivity index (χ2v) is 11.0. The first-order valence-electron chi connectivity index (χ1n) is 10.7. The highest BCUT2D eigenvalue weighted by Gasteiger charge is 2.63. The van der Waals surface area contributed by atoms with Gasteiger partial charge in [-0.25, -0.2) is 18.1 Å². The number of aryl methyl sites for hydroxylation is 3. The number of aliphatic hydroxyl groups excluding tert-OH is 1. The fourth-order valence-electron chi connectivity index (χ4n) is 5.06. The number of nitrogens with two attached hydrogens (primary N) is 1. The smallest absolute Gasteiger partial charge is 0.241 e. The largest absolute Gasteiger partial charge is 0.393 e. The molecule has 0 unspecified atom stereocenters. The summed E-state index contributed by atoms with van der Waals surface area (Å²) < 4.78 is 36.6. The van der Waals surface area contributed by atoms with Crippen LogP contribution in [0.4, 0.5) is 5.82 Å². The molecule has 9 nitrogen and oxygen atoms in total. The molecule has 1 saturated carbocycles. The van der Waals surface area contributed by atoms with Crippen molar-refractivity contribution >= 4 is 15.8 Å². The molecule has 6 rings (SSSR count). The molecule has 174 valence electrons. The zero-order valence-corrected chi connectivity index (χ0v) is 19.6. The number of nitrogens with zero attached hydrogens (tertiary/aromatic N) is 3. The van der Waals surface area contributed by atoms with Gasteiger partial charge in [0.15, 0.2) is 0 Å². The summed E-state index contributed by atoms with van der Waals surface area (Å²) in [6, 6.07) is 6.97. The number of benzene rings is 1. The van der Waals surface area contributed by atoms with Crippen LogP contribution in [0.3, 0.4) is 0 Å². The Balaban J connectivity index is 1.50. The van der Waals surface area contributed by atoms with Gasteiger partial charge >= 0.3 is 0 Å². The van der Waals surface area contributed by atoms with Crippen molar-refractivity contribution in [3.05, 3.63) is 47.9 Å². The van der Waals surface area contributed by atoms with Crippen LogP contribution in [0, 0.1) is 13.8 Å². The maximum Gasteiger partial charge on any atom is 0.241 e. The van der Waals surface area contributed by atoms with Crippen molar-refractivity contribution in [2.45, 2.75) is 42.7 Å². The quantitative estimate of drug-likeness (QED) is 0.502. The number of ether oxygens (including phenoxy) is 1. The van der Waals surface area contributed by atoms with Crippen LogP contribution < -0.4 is 10.5 Å². The molecule has 3 aliphatic rings. The molecule has 3 fully saturated rings. The average Bonchev–Trinajstić information content (AvgIpc) is 3.39. The molecule has 0 atom stereocenters. The molecule has 1 aliphatic carbocycles. The third-order valence-corrected chi connectivity index (χ3v) is 8.24. The van der Waals surface area contributed by atoms with E-state index in [1.165, 1.54) is 0 Å². The Bertz CT molecular complexity index is 1360. The predicted octanol–water partition coefficient (Wildman–Crippen LogP) is 1.92. The molecule has 1 aromatic carbocycles. The van der Waals surface area contributed by atoms with Crippen LogP contribution in [-0.2, 0) is 21.8 Å². The van der Waals surface area contributed by atoms with Crippen molar-refractivity contribution in [3.63, 3.8) is 0 Å². The second-order valence-electron chi connectivity index (χ2n) is 9.30. The first-order chi connectivity index (χ1) is 15.6. The maximum atomic E-state index is 13.2. The summed E-state index contributed by atoms with van der Waals surface area (Å²) in [4.78, 5) is 4.54. The van der Waals surface area contributed by atoms with Crippen LogP contribution in [0.25, 0.3) is 22.3 Å². The highest BCUT2D eigenvalue weighted by Crippen LogP contribution is 2.51. The number of aliphatic hydroxyl groups is 1. The van der Waals surface area contributed by atoms with Crippen molar-refractivity contribution in [1.82, 2.24) is 19.5 Å². The highest BCUT2D eigenvalue weighted by atomic mass is 32.2. The first kappa shape index (κ1) is 22.0. The van der Waals surface area contributed by atoms with E-state index in [1.54, 1.807) is 29.1 Å². The van der Waals surface area contributed by atoms with Crippen LogP contribution in [-0.4, -0.2) is 52.6 Å². The van der Waals surface area contributed by atoms with E-state index in [4.69, 9.17) is 10.5 Å². The summed E-state index contributed by atoms with van der Waals surface area (Å²) in [7, 11) is -1.95. The summed E-state index contributed by atoms with van der Waals surface area (Å²) in [6.45, 7) is 3.99. The average molecular weight is 470 g/mol. The van der Waals surface area contributed by atoms with Crippen LogP contribution in [0.15, 0.2) is 41.6 Å². The van der Waals surface area contributed by atoms with E-state index >= 15 is 0 Å². The second kappa shape index (κ2) is 7.36. The zero-order chi connectivity index (χ0) is 23.6. The van der Waals surface area contributed by atoms with Crippen LogP contribution >= 0.6 is 0 Å². The number of hydrogen-bond donors (Lipinski definition) is 3. The third-order valence-electron chi connectivity index (χ3n) is 6.67. The van der Waals surface area contributed by atoms with E-state index in [0.29, 0.717) is 18.7 Å². The van der Waals surface area contributed by atoms with E-state index < -0.39 is 21.2 Å². The number of nitrogen functional groups attached to an aromatic ring is 1. The minimum Gasteiger partial charge on any atom is -0.393 e. The summed E-state index contributed by atoms with van der Waals surface area (Å²) in [5, 5.41) is 13.9. The molecule has 0 radical (unpaired) electrons. The minimum atomic E-state index is -3.79. The molecule has 2 aliphatic heterocycles. The Hall–Kier alpha value is -2.79. The number of pyridine rings is 1. The van der Waals surface area contributed by atoms with Crippen LogP contribution in [0.1, 0.15) is 24.1 Å². The summed E-state index contributed by atoms with van der Waals surface area (Å²) in [5.41, 5.74) is 9.81. The topological polar surface area (TPSA) is 132 Å². The van der Waals surface area contributed by atoms with Crippen molar-refractivity contribution < 1.29 is 18.3 Å². The Morgan fingerprint density at radius 3 is 2.61 bits per heavy atom.